The number of aliphatic hydroxyl groups excluding tert-OH is 1. The lowest BCUT2D eigenvalue weighted by Gasteiger charge is -2.59. The maximum absolute atomic E-state index is 9.66. The van der Waals surface area contributed by atoms with Gasteiger partial charge >= 0.3 is 0 Å². The van der Waals surface area contributed by atoms with Crippen LogP contribution in [0.2, 0.25) is 0 Å². The van der Waals surface area contributed by atoms with Crippen LogP contribution in [0, 0.1) is 17.3 Å². The van der Waals surface area contributed by atoms with Crippen LogP contribution in [0.1, 0.15) is 26.7 Å². The third kappa shape index (κ3) is 0.750. The molecule has 0 aromatic carbocycles. The monoisotopic (exact) mass is 152 g/mol. The van der Waals surface area contributed by atoms with Crippen molar-refractivity contribution in [3.05, 3.63) is 12.2 Å². The largest absolute Gasteiger partial charge is 0.392 e. The number of fused-ring (bicyclic) bond motifs is 2. The van der Waals surface area contributed by atoms with E-state index >= 15 is 0 Å². The first-order chi connectivity index (χ1) is 5.03. The Balaban J connectivity index is 2.26. The van der Waals surface area contributed by atoms with E-state index in [4.69, 9.17) is 0 Å². The van der Waals surface area contributed by atoms with Gasteiger partial charge in [0.05, 0.1) is 6.10 Å². The zero-order valence-electron chi connectivity index (χ0n) is 7.30. The number of hydrogen-bond donors (Lipinski definition) is 1. The van der Waals surface area contributed by atoms with Crippen LogP contribution in [0.4, 0.5) is 0 Å². The summed E-state index contributed by atoms with van der Waals surface area (Å²) in [6, 6.07) is 0. The molecule has 11 heavy (non-hydrogen) atoms. The second-order valence-corrected chi connectivity index (χ2v) is 4.65. The zero-order valence-corrected chi connectivity index (χ0v) is 7.30. The molecule has 0 heterocycles. The second-order valence-electron chi connectivity index (χ2n) is 4.65. The molecular formula is C10H16O. The topological polar surface area (TPSA) is 20.2 Å². The highest BCUT2D eigenvalue weighted by Crippen LogP contribution is 2.60. The molecule has 3 aliphatic carbocycles. The van der Waals surface area contributed by atoms with Gasteiger partial charge in [-0.3, -0.25) is 0 Å². The van der Waals surface area contributed by atoms with Crippen LogP contribution in [0.5, 0.6) is 0 Å². The van der Waals surface area contributed by atoms with E-state index in [1.54, 1.807) is 0 Å². The summed E-state index contributed by atoms with van der Waals surface area (Å²) in [5, 5.41) is 9.66. The predicted octanol–water partition coefficient (Wildman–Crippen LogP) is 1.97. The Labute approximate surface area is 68.1 Å². The van der Waals surface area contributed by atoms with E-state index in [0.717, 1.165) is 6.42 Å². The molecule has 3 saturated carbocycles. The van der Waals surface area contributed by atoms with Gasteiger partial charge < -0.3 is 5.11 Å². The third-order valence-corrected chi connectivity index (χ3v) is 3.77. The molecule has 0 aliphatic heterocycles. The molecule has 0 saturated heterocycles. The van der Waals surface area contributed by atoms with Crippen molar-refractivity contribution in [2.24, 2.45) is 17.3 Å². The highest BCUT2D eigenvalue weighted by atomic mass is 16.3. The molecule has 3 atom stereocenters. The van der Waals surface area contributed by atoms with E-state index in [1.807, 2.05) is 0 Å². The highest BCUT2D eigenvalue weighted by Gasteiger charge is 2.55. The molecule has 0 radical (unpaired) electrons. The first-order valence-electron chi connectivity index (χ1n) is 4.39. The van der Waals surface area contributed by atoms with Crippen LogP contribution in [0.3, 0.4) is 0 Å². The SMILES string of the molecule is C=C1CC(O)C2CC1C2(C)C. The van der Waals surface area contributed by atoms with Crippen molar-refractivity contribution < 1.29 is 5.11 Å². The third-order valence-electron chi connectivity index (χ3n) is 3.77. The maximum atomic E-state index is 9.66. The van der Waals surface area contributed by atoms with Crippen LogP contribution >= 0.6 is 0 Å². The smallest absolute Gasteiger partial charge is 0.0611 e. The maximum Gasteiger partial charge on any atom is 0.0611 e. The van der Waals surface area contributed by atoms with Crippen LogP contribution in [0.15, 0.2) is 12.2 Å². The van der Waals surface area contributed by atoms with Gasteiger partial charge in [-0.15, -0.1) is 0 Å². The molecule has 0 spiro atoms. The average Bonchev–Trinajstić information content (AvgIpc) is 1.84. The molecule has 1 N–H and O–H groups in total. The summed E-state index contributed by atoms with van der Waals surface area (Å²) in [7, 11) is 0. The summed E-state index contributed by atoms with van der Waals surface area (Å²) in [6.45, 7) is 8.52. The van der Waals surface area contributed by atoms with E-state index in [0.29, 0.717) is 17.3 Å². The Morgan fingerprint density at radius 3 is 2.55 bits per heavy atom. The van der Waals surface area contributed by atoms with E-state index in [9.17, 15) is 5.11 Å². The Morgan fingerprint density at radius 1 is 1.55 bits per heavy atom. The van der Waals surface area contributed by atoms with E-state index in [-0.39, 0.29) is 6.10 Å². The summed E-state index contributed by atoms with van der Waals surface area (Å²) in [5.74, 6) is 1.23. The fraction of sp³-hybridized carbons (Fsp3) is 0.800. The quantitative estimate of drug-likeness (QED) is 0.526. The van der Waals surface area contributed by atoms with Gasteiger partial charge in [-0.2, -0.15) is 0 Å². The zero-order chi connectivity index (χ0) is 8.22. The Bertz CT molecular complexity index is 205. The van der Waals surface area contributed by atoms with Crippen molar-refractivity contribution in [1.29, 1.82) is 0 Å². The molecule has 3 unspecified atom stereocenters. The number of hydrogen-bond acceptors (Lipinski definition) is 1. The van der Waals surface area contributed by atoms with Gasteiger partial charge in [0.1, 0.15) is 0 Å². The molecule has 3 aliphatic rings. The molecule has 1 nitrogen and oxygen atoms in total. The molecule has 62 valence electrons. The molecular weight excluding hydrogens is 136 g/mol. The van der Waals surface area contributed by atoms with Gasteiger partial charge in [0.2, 0.25) is 0 Å². The number of rotatable bonds is 0. The van der Waals surface area contributed by atoms with E-state index < -0.39 is 0 Å². The fourth-order valence-electron chi connectivity index (χ4n) is 2.86. The van der Waals surface area contributed by atoms with Gasteiger partial charge in [0.25, 0.3) is 0 Å². The van der Waals surface area contributed by atoms with Crippen LogP contribution in [0.25, 0.3) is 0 Å². The minimum Gasteiger partial charge on any atom is -0.392 e. The van der Waals surface area contributed by atoms with Crippen molar-refractivity contribution in [3.8, 4) is 0 Å². The lowest BCUT2D eigenvalue weighted by Crippen LogP contribution is -2.55. The minimum atomic E-state index is -0.109. The molecule has 0 aromatic heterocycles. The summed E-state index contributed by atoms with van der Waals surface area (Å²) < 4.78 is 0. The van der Waals surface area contributed by atoms with Gasteiger partial charge in [-0.05, 0) is 30.1 Å². The molecule has 1 heteroatoms. The van der Waals surface area contributed by atoms with Crippen LogP contribution < -0.4 is 0 Å². The lowest BCUT2D eigenvalue weighted by atomic mass is 9.46. The van der Waals surface area contributed by atoms with Crippen LogP contribution in [-0.2, 0) is 0 Å². The summed E-state index contributed by atoms with van der Waals surface area (Å²) >= 11 is 0. The Kier molecular flexibility index (Phi) is 1.26. The van der Waals surface area contributed by atoms with Gasteiger partial charge in [-0.1, -0.05) is 26.0 Å². The van der Waals surface area contributed by atoms with Crippen LogP contribution in [-0.4, -0.2) is 11.2 Å². The highest BCUT2D eigenvalue weighted by molar-refractivity contribution is 5.21. The molecule has 0 amide bonds. The minimum absolute atomic E-state index is 0.109. The van der Waals surface area contributed by atoms with E-state index in [2.05, 4.69) is 20.4 Å². The first-order valence-corrected chi connectivity index (χ1v) is 4.39. The van der Waals surface area contributed by atoms with Crippen molar-refractivity contribution in [2.75, 3.05) is 0 Å². The van der Waals surface area contributed by atoms with Gasteiger partial charge in [0.15, 0.2) is 0 Å². The summed E-state index contributed by atoms with van der Waals surface area (Å²) in [5.41, 5.74) is 1.60. The Morgan fingerprint density at radius 2 is 2.18 bits per heavy atom. The van der Waals surface area contributed by atoms with Gasteiger partial charge in [0, 0.05) is 0 Å². The lowest BCUT2D eigenvalue weighted by molar-refractivity contribution is -0.108. The van der Waals surface area contributed by atoms with Crippen molar-refractivity contribution in [2.45, 2.75) is 32.8 Å². The second kappa shape index (κ2) is 1.89. The molecule has 3 rings (SSSR count). The van der Waals surface area contributed by atoms with Gasteiger partial charge in [-0.25, -0.2) is 0 Å². The molecule has 0 aromatic rings. The summed E-state index contributed by atoms with van der Waals surface area (Å²) in [6.07, 6.45) is 1.91. The fourth-order valence-corrected chi connectivity index (χ4v) is 2.86. The Hall–Kier alpha value is -0.300. The number of aliphatic hydroxyl groups is 1. The molecule has 2 bridgehead atoms. The predicted molar refractivity (Wildman–Crippen MR) is 45.1 cm³/mol. The molecule has 3 fully saturated rings. The first kappa shape index (κ1) is 7.35. The summed E-state index contributed by atoms with van der Waals surface area (Å²) in [4.78, 5) is 0. The standard InChI is InChI=1S/C10H16O/c1-6-4-9(11)8-5-7(6)10(8,2)3/h7-9,11H,1,4-5H2,2-3H3. The van der Waals surface area contributed by atoms with Crippen molar-refractivity contribution in [1.82, 2.24) is 0 Å². The normalized spacial score (nSPS) is 46.8. The van der Waals surface area contributed by atoms with Crippen molar-refractivity contribution in [3.63, 3.8) is 0 Å². The van der Waals surface area contributed by atoms with Crippen molar-refractivity contribution >= 4 is 0 Å². The van der Waals surface area contributed by atoms with E-state index in [1.165, 1.54) is 12.0 Å². The average molecular weight is 152 g/mol.